The van der Waals surface area contributed by atoms with Crippen molar-refractivity contribution in [3.63, 3.8) is 0 Å². The Balaban J connectivity index is 0.00000192. The number of benzene rings is 1. The number of halogens is 1. The average molecular weight is 354 g/mol. The first kappa shape index (κ1) is 17.8. The third kappa shape index (κ3) is 5.53. The van der Waals surface area contributed by atoms with Crippen LogP contribution in [0, 0.1) is 5.92 Å². The third-order valence-corrected chi connectivity index (χ3v) is 4.49. The molecule has 0 unspecified atom stereocenters. The molecule has 0 saturated heterocycles. The Morgan fingerprint density at radius 3 is 2.70 bits per heavy atom. The van der Waals surface area contributed by atoms with Crippen LogP contribution in [0.5, 0.6) is 0 Å². The molecule has 2 N–H and O–H groups in total. The Morgan fingerprint density at radius 1 is 1.35 bits per heavy atom. The molecule has 8 heteroatoms. The number of nitrogens with zero attached hydrogens (tertiary/aromatic N) is 3. The maximum atomic E-state index is 11.8. The summed E-state index contributed by atoms with van der Waals surface area (Å²) in [5.74, 6) is 0.777. The molecule has 1 amide bonds. The summed E-state index contributed by atoms with van der Waals surface area (Å²) in [5.41, 5.74) is 0.806. The van der Waals surface area contributed by atoms with Gasteiger partial charge in [0.1, 0.15) is 6.33 Å². The predicted octanol–water partition coefficient (Wildman–Crippen LogP) is 2.33. The number of aryl methyl sites for hydroxylation is 1. The molecule has 1 fully saturated rings. The molecule has 1 heterocycles. The van der Waals surface area contributed by atoms with Gasteiger partial charge in [0.2, 0.25) is 5.91 Å². The third-order valence-electron chi connectivity index (χ3n) is 3.43. The van der Waals surface area contributed by atoms with E-state index in [-0.39, 0.29) is 18.3 Å². The van der Waals surface area contributed by atoms with Crippen molar-refractivity contribution >= 4 is 35.8 Å². The van der Waals surface area contributed by atoms with Crippen LogP contribution in [-0.4, -0.2) is 33.8 Å². The normalized spacial score (nSPS) is 13.4. The van der Waals surface area contributed by atoms with Crippen molar-refractivity contribution in [2.45, 2.75) is 22.9 Å². The Hall–Kier alpha value is -1.57. The van der Waals surface area contributed by atoms with Gasteiger partial charge in [-0.3, -0.25) is 4.79 Å². The molecule has 3 rings (SSSR count). The second-order valence-electron chi connectivity index (χ2n) is 5.47. The summed E-state index contributed by atoms with van der Waals surface area (Å²) >= 11 is 1.54. The number of anilines is 1. The van der Waals surface area contributed by atoms with Crippen molar-refractivity contribution in [1.82, 2.24) is 20.1 Å². The van der Waals surface area contributed by atoms with Crippen molar-refractivity contribution in [2.24, 2.45) is 13.0 Å². The highest BCUT2D eigenvalue weighted by atomic mass is 35.5. The number of rotatable bonds is 7. The highest BCUT2D eigenvalue weighted by Crippen LogP contribution is 2.27. The molecular formula is C15H20ClN5OS. The van der Waals surface area contributed by atoms with E-state index in [1.807, 2.05) is 35.9 Å². The van der Waals surface area contributed by atoms with Crippen LogP contribution in [0.2, 0.25) is 0 Å². The molecule has 1 aliphatic rings. The number of amides is 1. The number of aromatic nitrogens is 3. The highest BCUT2D eigenvalue weighted by Gasteiger charge is 2.20. The van der Waals surface area contributed by atoms with E-state index in [2.05, 4.69) is 20.8 Å². The van der Waals surface area contributed by atoms with Crippen molar-refractivity contribution in [1.29, 1.82) is 0 Å². The lowest BCUT2D eigenvalue weighted by Gasteiger charge is -2.07. The minimum absolute atomic E-state index is 0. The maximum Gasteiger partial charge on any atom is 0.238 e. The first-order valence-electron chi connectivity index (χ1n) is 7.33. The zero-order valence-electron chi connectivity index (χ0n) is 12.9. The first-order valence-corrected chi connectivity index (χ1v) is 8.15. The number of carbonyl (C=O) groups excluding carboxylic acids is 1. The average Bonchev–Trinajstić information content (AvgIpc) is 3.24. The lowest BCUT2D eigenvalue weighted by Crippen LogP contribution is -2.29. The Labute approximate surface area is 145 Å². The SMILES string of the molecule is Cl.Cn1cnnc1Sc1ccc(NC(=O)CNCC2CC2)cc1. The maximum absolute atomic E-state index is 11.8. The van der Waals surface area contributed by atoms with Gasteiger partial charge in [0.15, 0.2) is 5.16 Å². The number of hydrogen-bond donors (Lipinski definition) is 2. The molecule has 0 spiro atoms. The molecule has 1 aliphatic carbocycles. The smallest absolute Gasteiger partial charge is 0.238 e. The molecule has 23 heavy (non-hydrogen) atoms. The van der Waals surface area contributed by atoms with Crippen molar-refractivity contribution < 1.29 is 4.79 Å². The highest BCUT2D eigenvalue weighted by molar-refractivity contribution is 7.99. The summed E-state index contributed by atoms with van der Waals surface area (Å²) in [6.45, 7) is 1.31. The van der Waals surface area contributed by atoms with Crippen LogP contribution < -0.4 is 10.6 Å². The van der Waals surface area contributed by atoms with Crippen LogP contribution in [-0.2, 0) is 11.8 Å². The minimum Gasteiger partial charge on any atom is -0.325 e. The van der Waals surface area contributed by atoms with E-state index in [1.165, 1.54) is 24.6 Å². The van der Waals surface area contributed by atoms with Crippen LogP contribution in [0.25, 0.3) is 0 Å². The van der Waals surface area contributed by atoms with Gasteiger partial charge in [0.05, 0.1) is 6.54 Å². The fourth-order valence-corrected chi connectivity index (χ4v) is 2.76. The van der Waals surface area contributed by atoms with Crippen molar-refractivity contribution in [3.05, 3.63) is 30.6 Å². The Morgan fingerprint density at radius 2 is 2.09 bits per heavy atom. The minimum atomic E-state index is -0.00523. The second kappa shape index (κ2) is 8.33. The van der Waals surface area contributed by atoms with E-state index in [0.29, 0.717) is 6.54 Å². The quantitative estimate of drug-likeness (QED) is 0.799. The van der Waals surface area contributed by atoms with Crippen LogP contribution >= 0.6 is 24.2 Å². The van der Waals surface area contributed by atoms with E-state index in [1.54, 1.807) is 6.33 Å². The topological polar surface area (TPSA) is 71.8 Å². The molecule has 1 aromatic carbocycles. The largest absolute Gasteiger partial charge is 0.325 e. The van der Waals surface area contributed by atoms with E-state index >= 15 is 0 Å². The van der Waals surface area contributed by atoms with Gasteiger partial charge in [-0.1, -0.05) is 0 Å². The van der Waals surface area contributed by atoms with E-state index in [0.717, 1.165) is 28.2 Å². The standard InChI is InChI=1S/C15H19N5OS.ClH/c1-20-10-17-19-15(20)22-13-6-4-12(5-7-13)18-14(21)9-16-8-11-2-3-11;/h4-7,10-11,16H,2-3,8-9H2,1H3,(H,18,21);1H. The fraction of sp³-hybridized carbons (Fsp3) is 0.400. The van der Waals surface area contributed by atoms with E-state index in [4.69, 9.17) is 0 Å². The summed E-state index contributed by atoms with van der Waals surface area (Å²) in [6.07, 6.45) is 4.25. The fourth-order valence-electron chi connectivity index (χ4n) is 1.99. The molecular weight excluding hydrogens is 334 g/mol. The molecule has 1 aromatic heterocycles. The van der Waals surface area contributed by atoms with Gasteiger partial charge in [0, 0.05) is 17.6 Å². The zero-order valence-corrected chi connectivity index (χ0v) is 14.5. The molecule has 6 nitrogen and oxygen atoms in total. The van der Waals surface area contributed by atoms with E-state index < -0.39 is 0 Å². The van der Waals surface area contributed by atoms with Gasteiger partial charge in [-0.15, -0.1) is 22.6 Å². The monoisotopic (exact) mass is 353 g/mol. The van der Waals surface area contributed by atoms with Gasteiger partial charge in [-0.25, -0.2) is 0 Å². The molecule has 0 bridgehead atoms. The van der Waals surface area contributed by atoms with Crippen LogP contribution in [0.3, 0.4) is 0 Å². The molecule has 1 saturated carbocycles. The number of hydrogen-bond acceptors (Lipinski definition) is 5. The summed E-state index contributed by atoms with van der Waals surface area (Å²) in [6, 6.07) is 7.73. The van der Waals surface area contributed by atoms with Gasteiger partial charge >= 0.3 is 0 Å². The molecule has 0 radical (unpaired) electrons. The van der Waals surface area contributed by atoms with Gasteiger partial charge in [-0.2, -0.15) is 0 Å². The summed E-state index contributed by atoms with van der Waals surface area (Å²) < 4.78 is 1.87. The summed E-state index contributed by atoms with van der Waals surface area (Å²) in [5, 5.41) is 14.8. The second-order valence-corrected chi connectivity index (χ2v) is 6.51. The van der Waals surface area contributed by atoms with E-state index in [9.17, 15) is 4.79 Å². The molecule has 0 aliphatic heterocycles. The van der Waals surface area contributed by atoms with Gasteiger partial charge in [0.25, 0.3) is 0 Å². The van der Waals surface area contributed by atoms with Crippen LogP contribution in [0.15, 0.2) is 40.6 Å². The van der Waals surface area contributed by atoms with Crippen molar-refractivity contribution in [3.8, 4) is 0 Å². The number of nitrogens with one attached hydrogen (secondary N) is 2. The van der Waals surface area contributed by atoms with Crippen LogP contribution in [0.1, 0.15) is 12.8 Å². The molecule has 2 aromatic rings. The molecule has 0 atom stereocenters. The predicted molar refractivity (Wildman–Crippen MR) is 93.0 cm³/mol. The Kier molecular flexibility index (Phi) is 6.44. The van der Waals surface area contributed by atoms with Crippen LogP contribution in [0.4, 0.5) is 5.69 Å². The summed E-state index contributed by atoms with van der Waals surface area (Å²) in [4.78, 5) is 12.9. The summed E-state index contributed by atoms with van der Waals surface area (Å²) in [7, 11) is 1.91. The molecule has 124 valence electrons. The van der Waals surface area contributed by atoms with Gasteiger partial charge < -0.3 is 15.2 Å². The van der Waals surface area contributed by atoms with Gasteiger partial charge in [-0.05, 0) is 61.3 Å². The Bertz CT molecular complexity index is 642. The number of carbonyl (C=O) groups is 1. The zero-order chi connectivity index (χ0) is 15.4. The lowest BCUT2D eigenvalue weighted by atomic mass is 10.3. The first-order chi connectivity index (χ1) is 10.7. The van der Waals surface area contributed by atoms with Crippen molar-refractivity contribution in [2.75, 3.05) is 18.4 Å². The lowest BCUT2D eigenvalue weighted by molar-refractivity contribution is -0.115.